The fraction of sp³-hybridized carbons (Fsp3) is 0.500. The summed E-state index contributed by atoms with van der Waals surface area (Å²) in [6.07, 6.45) is 6.31. The van der Waals surface area contributed by atoms with E-state index in [2.05, 4.69) is 66.1 Å². The van der Waals surface area contributed by atoms with E-state index in [9.17, 15) is 0 Å². The highest BCUT2D eigenvalue weighted by atomic mass is 32.2. The van der Waals surface area contributed by atoms with Gasteiger partial charge >= 0.3 is 0 Å². The Kier molecular flexibility index (Phi) is 7.57. The van der Waals surface area contributed by atoms with Crippen LogP contribution >= 0.6 is 11.8 Å². The molecular weight excluding hydrogens is 342 g/mol. The van der Waals surface area contributed by atoms with Crippen molar-refractivity contribution in [3.05, 3.63) is 47.8 Å². The molecule has 0 saturated carbocycles. The Morgan fingerprint density at radius 1 is 1.23 bits per heavy atom. The molecule has 2 rings (SSSR count). The summed E-state index contributed by atoms with van der Waals surface area (Å²) in [6, 6.07) is 10.2. The van der Waals surface area contributed by atoms with E-state index in [1.165, 1.54) is 5.56 Å². The van der Waals surface area contributed by atoms with Gasteiger partial charge in [-0.25, -0.2) is 4.68 Å². The van der Waals surface area contributed by atoms with Crippen molar-refractivity contribution in [2.75, 3.05) is 26.4 Å². The molecule has 5 nitrogen and oxygen atoms in total. The van der Waals surface area contributed by atoms with Crippen molar-refractivity contribution in [3.8, 4) is 5.69 Å². The third kappa shape index (κ3) is 6.09. The molecule has 0 amide bonds. The average Bonchev–Trinajstić information content (AvgIpc) is 3.02. The van der Waals surface area contributed by atoms with E-state index >= 15 is 0 Å². The van der Waals surface area contributed by atoms with Crippen molar-refractivity contribution < 1.29 is 0 Å². The van der Waals surface area contributed by atoms with Crippen molar-refractivity contribution in [2.24, 2.45) is 4.99 Å². The summed E-state index contributed by atoms with van der Waals surface area (Å²) in [6.45, 7) is 8.30. The first-order valence-corrected chi connectivity index (χ1v) is 10.3. The highest BCUT2D eigenvalue weighted by Gasteiger charge is 2.16. The molecule has 0 fully saturated rings. The molecule has 0 bridgehead atoms. The molecule has 2 aromatic rings. The molecular formula is C20H31N5S. The molecule has 0 aliphatic heterocycles. The van der Waals surface area contributed by atoms with Gasteiger partial charge in [-0.15, -0.1) is 0 Å². The second-order valence-corrected chi connectivity index (χ2v) is 8.45. The van der Waals surface area contributed by atoms with Crippen LogP contribution in [0.3, 0.4) is 0 Å². The number of aliphatic imine (C=N–C) groups is 1. The second-order valence-electron chi connectivity index (χ2n) is 6.94. The number of nitrogens with zero attached hydrogens (tertiary/aromatic N) is 3. The van der Waals surface area contributed by atoms with Crippen molar-refractivity contribution >= 4 is 17.7 Å². The van der Waals surface area contributed by atoms with E-state index in [1.54, 1.807) is 0 Å². The van der Waals surface area contributed by atoms with Crippen molar-refractivity contribution in [3.63, 3.8) is 0 Å². The zero-order valence-corrected chi connectivity index (χ0v) is 17.4. The molecule has 1 aromatic heterocycles. The smallest absolute Gasteiger partial charge is 0.191 e. The van der Waals surface area contributed by atoms with Gasteiger partial charge in [0.2, 0.25) is 0 Å². The summed E-state index contributed by atoms with van der Waals surface area (Å²) < 4.78 is 2.16. The average molecular weight is 374 g/mol. The minimum Gasteiger partial charge on any atom is -0.356 e. The number of benzene rings is 1. The molecule has 0 aliphatic rings. The maximum Gasteiger partial charge on any atom is 0.191 e. The highest BCUT2D eigenvalue weighted by molar-refractivity contribution is 7.99. The molecule has 6 heteroatoms. The van der Waals surface area contributed by atoms with Crippen molar-refractivity contribution in [1.29, 1.82) is 0 Å². The Morgan fingerprint density at radius 2 is 1.96 bits per heavy atom. The maximum absolute atomic E-state index is 4.63. The number of nitrogens with one attached hydrogen (secondary N) is 2. The highest BCUT2D eigenvalue weighted by Crippen LogP contribution is 2.19. The predicted molar refractivity (Wildman–Crippen MR) is 114 cm³/mol. The van der Waals surface area contributed by atoms with Gasteiger partial charge in [0.05, 0.1) is 11.4 Å². The van der Waals surface area contributed by atoms with Crippen LogP contribution in [0.25, 0.3) is 5.69 Å². The van der Waals surface area contributed by atoms with Crippen LogP contribution in [0, 0.1) is 6.92 Å². The molecule has 0 unspecified atom stereocenters. The van der Waals surface area contributed by atoms with Gasteiger partial charge in [0.15, 0.2) is 5.96 Å². The Balaban J connectivity index is 1.80. The van der Waals surface area contributed by atoms with Gasteiger partial charge in [0.25, 0.3) is 0 Å². The summed E-state index contributed by atoms with van der Waals surface area (Å²) in [5.74, 6) is 0.865. The van der Waals surface area contributed by atoms with Crippen LogP contribution in [0.2, 0.25) is 0 Å². The first-order chi connectivity index (χ1) is 12.4. The summed E-state index contributed by atoms with van der Waals surface area (Å²) >= 11 is 1.85. The van der Waals surface area contributed by atoms with Crippen LogP contribution in [-0.4, -0.2) is 46.9 Å². The standard InChI is InChI=1S/C20H31N5S/c1-16-17(14-25(24-16)18-11-7-6-8-12-18)10-9-13-22-19(21-4)23-15-20(2,3)26-5/h6-8,11-12,14H,9-10,13,15H2,1-5H3,(H2,21,22,23). The Labute approximate surface area is 161 Å². The Bertz CT molecular complexity index is 706. The second kappa shape index (κ2) is 9.67. The van der Waals surface area contributed by atoms with Gasteiger partial charge in [-0.3, -0.25) is 4.99 Å². The van der Waals surface area contributed by atoms with Crippen LogP contribution in [0.4, 0.5) is 0 Å². The van der Waals surface area contributed by atoms with Gasteiger partial charge in [-0.1, -0.05) is 18.2 Å². The predicted octanol–water partition coefficient (Wildman–Crippen LogP) is 3.42. The lowest BCUT2D eigenvalue weighted by molar-refractivity contribution is 0.659. The number of para-hydroxylation sites is 1. The number of hydrogen-bond acceptors (Lipinski definition) is 3. The van der Waals surface area contributed by atoms with Crippen LogP contribution in [-0.2, 0) is 6.42 Å². The topological polar surface area (TPSA) is 54.2 Å². The van der Waals surface area contributed by atoms with Gasteiger partial charge in [0, 0.05) is 31.1 Å². The lowest BCUT2D eigenvalue weighted by Gasteiger charge is -2.23. The first-order valence-electron chi connectivity index (χ1n) is 9.05. The zero-order valence-electron chi connectivity index (χ0n) is 16.5. The van der Waals surface area contributed by atoms with E-state index in [1.807, 2.05) is 41.7 Å². The van der Waals surface area contributed by atoms with E-state index in [0.29, 0.717) is 0 Å². The summed E-state index contributed by atoms with van der Waals surface area (Å²) in [5, 5.41) is 11.4. The first kappa shape index (κ1) is 20.4. The molecule has 0 saturated heterocycles. The number of guanidine groups is 1. The Hall–Kier alpha value is -1.95. The van der Waals surface area contributed by atoms with E-state index in [-0.39, 0.29) is 4.75 Å². The molecule has 26 heavy (non-hydrogen) atoms. The fourth-order valence-electron chi connectivity index (χ4n) is 2.53. The summed E-state index contributed by atoms with van der Waals surface area (Å²) in [5.41, 5.74) is 3.49. The van der Waals surface area contributed by atoms with Gasteiger partial charge in [0.1, 0.15) is 0 Å². The van der Waals surface area contributed by atoms with Crippen molar-refractivity contribution in [1.82, 2.24) is 20.4 Å². The third-order valence-corrected chi connectivity index (χ3v) is 5.64. The largest absolute Gasteiger partial charge is 0.356 e. The van der Waals surface area contributed by atoms with Crippen LogP contribution in [0.1, 0.15) is 31.5 Å². The molecule has 1 heterocycles. The number of hydrogen-bond donors (Lipinski definition) is 2. The number of rotatable bonds is 8. The number of aromatic nitrogens is 2. The molecule has 0 atom stereocenters. The molecule has 2 N–H and O–H groups in total. The van der Waals surface area contributed by atoms with E-state index < -0.39 is 0 Å². The third-order valence-electron chi connectivity index (χ3n) is 4.39. The molecule has 142 valence electrons. The minimum atomic E-state index is 0.195. The lowest BCUT2D eigenvalue weighted by atomic mass is 10.1. The summed E-state index contributed by atoms with van der Waals surface area (Å²) in [7, 11) is 1.81. The quantitative estimate of drug-likeness (QED) is 0.423. The van der Waals surface area contributed by atoms with E-state index in [0.717, 1.165) is 43.3 Å². The monoisotopic (exact) mass is 373 g/mol. The normalized spacial score (nSPS) is 12.3. The Morgan fingerprint density at radius 3 is 2.62 bits per heavy atom. The minimum absolute atomic E-state index is 0.195. The fourth-order valence-corrected chi connectivity index (χ4v) is 2.75. The number of aryl methyl sites for hydroxylation is 2. The van der Waals surface area contributed by atoms with Crippen LogP contribution in [0.15, 0.2) is 41.5 Å². The van der Waals surface area contributed by atoms with Gasteiger partial charge in [-0.2, -0.15) is 16.9 Å². The molecule has 0 aliphatic carbocycles. The SMILES string of the molecule is CN=C(NCCCc1cn(-c2ccccc2)nc1C)NCC(C)(C)SC. The maximum atomic E-state index is 4.63. The summed E-state index contributed by atoms with van der Waals surface area (Å²) in [4.78, 5) is 4.30. The lowest BCUT2D eigenvalue weighted by Crippen LogP contribution is -2.43. The van der Waals surface area contributed by atoms with Crippen LogP contribution in [0.5, 0.6) is 0 Å². The van der Waals surface area contributed by atoms with Gasteiger partial charge in [-0.05, 0) is 57.6 Å². The van der Waals surface area contributed by atoms with Crippen molar-refractivity contribution in [2.45, 2.75) is 38.4 Å². The number of thioether (sulfide) groups is 1. The van der Waals surface area contributed by atoms with Gasteiger partial charge < -0.3 is 10.6 Å². The molecule has 0 spiro atoms. The van der Waals surface area contributed by atoms with Crippen LogP contribution < -0.4 is 10.6 Å². The molecule has 0 radical (unpaired) electrons. The molecule has 1 aromatic carbocycles. The zero-order chi connectivity index (χ0) is 19.0. The van der Waals surface area contributed by atoms with E-state index in [4.69, 9.17) is 0 Å².